The van der Waals surface area contributed by atoms with E-state index < -0.39 is 0 Å². The minimum atomic E-state index is 0.00211. The van der Waals surface area contributed by atoms with Gasteiger partial charge in [-0.15, -0.1) is 0 Å². The van der Waals surface area contributed by atoms with Gasteiger partial charge in [-0.05, 0) is 50.6 Å². The summed E-state index contributed by atoms with van der Waals surface area (Å²) in [6.07, 6.45) is 5.17. The summed E-state index contributed by atoms with van der Waals surface area (Å²) in [5.41, 5.74) is 0. The molecule has 4 heteroatoms. The van der Waals surface area contributed by atoms with Crippen molar-refractivity contribution >= 4 is 6.03 Å². The van der Waals surface area contributed by atoms with Gasteiger partial charge in [0.25, 0.3) is 0 Å². The van der Waals surface area contributed by atoms with Crippen molar-refractivity contribution in [3.63, 3.8) is 0 Å². The summed E-state index contributed by atoms with van der Waals surface area (Å²) in [5.74, 6) is 1.63. The molecule has 0 bridgehead atoms. The molecule has 0 atom stereocenters. The Hall–Kier alpha value is -0.770. The number of urea groups is 1. The maximum Gasteiger partial charge on any atom is 0.314 e. The monoisotopic (exact) mass is 239 g/mol. The third-order valence-corrected chi connectivity index (χ3v) is 3.84. The largest absolute Gasteiger partial charge is 0.338 e. The third kappa shape index (κ3) is 4.94. The summed E-state index contributed by atoms with van der Waals surface area (Å²) in [4.78, 5) is 13.9. The molecular formula is C13H25N3O. The maximum atomic E-state index is 11.4. The number of likely N-dealkylation sites (tertiary alicyclic amines) is 1. The van der Waals surface area contributed by atoms with Crippen molar-refractivity contribution in [2.45, 2.75) is 32.6 Å². The van der Waals surface area contributed by atoms with E-state index in [-0.39, 0.29) is 6.03 Å². The highest BCUT2D eigenvalue weighted by molar-refractivity contribution is 5.73. The van der Waals surface area contributed by atoms with E-state index in [0.717, 1.165) is 31.5 Å². The second-order valence-corrected chi connectivity index (χ2v) is 5.60. The SMILES string of the molecule is CC1CCN(CCNC(=O)NCC2CC2)CC1. The molecule has 1 heterocycles. The first-order valence-electron chi connectivity index (χ1n) is 6.98. The van der Waals surface area contributed by atoms with E-state index in [0.29, 0.717) is 0 Å². The van der Waals surface area contributed by atoms with Gasteiger partial charge in [-0.2, -0.15) is 0 Å². The second kappa shape index (κ2) is 6.24. The molecule has 0 aromatic rings. The Morgan fingerprint density at radius 1 is 1.18 bits per heavy atom. The zero-order valence-corrected chi connectivity index (χ0v) is 10.9. The van der Waals surface area contributed by atoms with Gasteiger partial charge in [0.1, 0.15) is 0 Å². The lowest BCUT2D eigenvalue weighted by Crippen LogP contribution is -2.42. The molecule has 1 aliphatic carbocycles. The van der Waals surface area contributed by atoms with Gasteiger partial charge < -0.3 is 15.5 Å². The first kappa shape index (κ1) is 12.7. The van der Waals surface area contributed by atoms with E-state index in [2.05, 4.69) is 22.5 Å². The Bertz CT molecular complexity index is 245. The van der Waals surface area contributed by atoms with Crippen LogP contribution in [0.15, 0.2) is 0 Å². The van der Waals surface area contributed by atoms with E-state index in [1.165, 1.54) is 38.8 Å². The van der Waals surface area contributed by atoms with Gasteiger partial charge in [0.2, 0.25) is 0 Å². The summed E-state index contributed by atoms with van der Waals surface area (Å²) in [5, 5.41) is 5.85. The van der Waals surface area contributed by atoms with Crippen LogP contribution in [0.1, 0.15) is 32.6 Å². The fourth-order valence-corrected chi connectivity index (χ4v) is 2.23. The van der Waals surface area contributed by atoms with Crippen LogP contribution in [0, 0.1) is 11.8 Å². The number of carbonyl (C=O) groups excluding carboxylic acids is 1. The number of nitrogens with zero attached hydrogens (tertiary/aromatic N) is 1. The Morgan fingerprint density at radius 2 is 1.88 bits per heavy atom. The maximum absolute atomic E-state index is 11.4. The van der Waals surface area contributed by atoms with Gasteiger partial charge in [0.05, 0.1) is 0 Å². The quantitative estimate of drug-likeness (QED) is 0.762. The van der Waals surface area contributed by atoms with Crippen LogP contribution in [0.4, 0.5) is 4.79 Å². The molecule has 2 amide bonds. The molecule has 0 spiro atoms. The summed E-state index contributed by atoms with van der Waals surface area (Å²) in [6.45, 7) is 7.31. The van der Waals surface area contributed by atoms with Crippen LogP contribution in [-0.4, -0.2) is 43.7 Å². The number of nitrogens with one attached hydrogen (secondary N) is 2. The van der Waals surface area contributed by atoms with Gasteiger partial charge in [-0.25, -0.2) is 4.79 Å². The molecule has 0 aromatic carbocycles. The van der Waals surface area contributed by atoms with Crippen molar-refractivity contribution in [3.05, 3.63) is 0 Å². The Kier molecular flexibility index (Phi) is 4.66. The van der Waals surface area contributed by atoms with E-state index in [1.54, 1.807) is 0 Å². The standard InChI is InChI=1S/C13H25N3O/c1-11-4-7-16(8-5-11)9-6-14-13(17)15-10-12-2-3-12/h11-12H,2-10H2,1H3,(H2,14,15,17). The summed E-state index contributed by atoms with van der Waals surface area (Å²) in [7, 11) is 0. The molecule has 1 aliphatic heterocycles. The lowest BCUT2D eigenvalue weighted by atomic mass is 9.99. The molecule has 1 saturated heterocycles. The van der Waals surface area contributed by atoms with E-state index in [1.807, 2.05) is 0 Å². The smallest absolute Gasteiger partial charge is 0.314 e. The van der Waals surface area contributed by atoms with Gasteiger partial charge in [0.15, 0.2) is 0 Å². The molecule has 2 rings (SSSR count). The first-order chi connectivity index (χ1) is 8.24. The van der Waals surface area contributed by atoms with Crippen molar-refractivity contribution < 1.29 is 4.79 Å². The van der Waals surface area contributed by atoms with Crippen LogP contribution in [0.3, 0.4) is 0 Å². The van der Waals surface area contributed by atoms with E-state index in [4.69, 9.17) is 0 Å². The highest BCUT2D eigenvalue weighted by Crippen LogP contribution is 2.27. The molecule has 2 aliphatic rings. The zero-order valence-electron chi connectivity index (χ0n) is 10.9. The Labute approximate surface area is 104 Å². The first-order valence-corrected chi connectivity index (χ1v) is 6.98. The van der Waals surface area contributed by atoms with Crippen molar-refractivity contribution in [1.82, 2.24) is 15.5 Å². The Morgan fingerprint density at radius 3 is 2.53 bits per heavy atom. The molecule has 4 nitrogen and oxygen atoms in total. The topological polar surface area (TPSA) is 44.4 Å². The second-order valence-electron chi connectivity index (χ2n) is 5.60. The number of piperidine rings is 1. The fourth-order valence-electron chi connectivity index (χ4n) is 2.23. The fraction of sp³-hybridized carbons (Fsp3) is 0.923. The van der Waals surface area contributed by atoms with Crippen LogP contribution >= 0.6 is 0 Å². The zero-order chi connectivity index (χ0) is 12.1. The third-order valence-electron chi connectivity index (χ3n) is 3.84. The summed E-state index contributed by atoms with van der Waals surface area (Å²) < 4.78 is 0. The molecule has 2 N–H and O–H groups in total. The molecule has 2 fully saturated rings. The number of carbonyl (C=O) groups is 1. The predicted octanol–water partition coefficient (Wildman–Crippen LogP) is 1.43. The molecule has 17 heavy (non-hydrogen) atoms. The minimum absolute atomic E-state index is 0.00211. The molecule has 0 unspecified atom stereocenters. The van der Waals surface area contributed by atoms with Crippen LogP contribution in [0.25, 0.3) is 0 Å². The van der Waals surface area contributed by atoms with Gasteiger partial charge >= 0.3 is 6.03 Å². The van der Waals surface area contributed by atoms with Crippen molar-refractivity contribution in [2.75, 3.05) is 32.7 Å². The van der Waals surface area contributed by atoms with Crippen LogP contribution < -0.4 is 10.6 Å². The van der Waals surface area contributed by atoms with Gasteiger partial charge in [-0.3, -0.25) is 0 Å². The highest BCUT2D eigenvalue weighted by atomic mass is 16.2. The van der Waals surface area contributed by atoms with E-state index >= 15 is 0 Å². The minimum Gasteiger partial charge on any atom is -0.338 e. The summed E-state index contributed by atoms with van der Waals surface area (Å²) in [6, 6.07) is 0.00211. The average Bonchev–Trinajstić information content (AvgIpc) is 3.13. The number of amides is 2. The average molecular weight is 239 g/mol. The molecular weight excluding hydrogens is 214 g/mol. The van der Waals surface area contributed by atoms with Crippen molar-refractivity contribution in [3.8, 4) is 0 Å². The van der Waals surface area contributed by atoms with E-state index in [9.17, 15) is 4.79 Å². The lowest BCUT2D eigenvalue weighted by molar-refractivity contribution is 0.191. The van der Waals surface area contributed by atoms with Gasteiger partial charge in [-0.1, -0.05) is 6.92 Å². The lowest BCUT2D eigenvalue weighted by Gasteiger charge is -2.30. The van der Waals surface area contributed by atoms with Gasteiger partial charge in [0, 0.05) is 19.6 Å². The molecule has 1 saturated carbocycles. The van der Waals surface area contributed by atoms with Crippen molar-refractivity contribution in [1.29, 1.82) is 0 Å². The predicted molar refractivity (Wildman–Crippen MR) is 69.0 cm³/mol. The normalized spacial score (nSPS) is 22.4. The Balaban J connectivity index is 1.48. The van der Waals surface area contributed by atoms with Crippen molar-refractivity contribution in [2.24, 2.45) is 11.8 Å². The number of hydrogen-bond donors (Lipinski definition) is 2. The summed E-state index contributed by atoms with van der Waals surface area (Å²) >= 11 is 0. The molecule has 0 aromatic heterocycles. The van der Waals surface area contributed by atoms with Crippen LogP contribution in [-0.2, 0) is 0 Å². The highest BCUT2D eigenvalue weighted by Gasteiger charge is 2.21. The number of hydrogen-bond acceptors (Lipinski definition) is 2. The molecule has 98 valence electrons. The van der Waals surface area contributed by atoms with Crippen LogP contribution in [0.2, 0.25) is 0 Å². The molecule has 0 radical (unpaired) electrons. The van der Waals surface area contributed by atoms with Crippen LogP contribution in [0.5, 0.6) is 0 Å². The number of rotatable bonds is 5.